The monoisotopic (exact) mass is 297 g/mol. The fourth-order valence-electron chi connectivity index (χ4n) is 3.16. The van der Waals surface area contributed by atoms with Crippen molar-refractivity contribution in [2.75, 3.05) is 13.1 Å². The van der Waals surface area contributed by atoms with E-state index in [0.717, 1.165) is 32.2 Å². The number of carbonyl (C=O) groups is 1. The van der Waals surface area contributed by atoms with Crippen molar-refractivity contribution in [3.05, 3.63) is 0 Å². The Hall–Kier alpha value is -0.810. The van der Waals surface area contributed by atoms with E-state index in [1.165, 1.54) is 19.4 Å². The smallest absolute Gasteiger partial charge is 0.407 e. The van der Waals surface area contributed by atoms with Crippen LogP contribution in [0, 0.1) is 0 Å². The molecule has 0 aromatic rings. The van der Waals surface area contributed by atoms with Gasteiger partial charge in [-0.1, -0.05) is 0 Å². The van der Waals surface area contributed by atoms with E-state index in [0.29, 0.717) is 12.1 Å². The Labute approximate surface area is 128 Å². The summed E-state index contributed by atoms with van der Waals surface area (Å²) >= 11 is 0. The maximum Gasteiger partial charge on any atom is 0.407 e. The van der Waals surface area contributed by atoms with Gasteiger partial charge in [0, 0.05) is 24.7 Å². The average Bonchev–Trinajstić information content (AvgIpc) is 2.89. The predicted molar refractivity (Wildman–Crippen MR) is 84.4 cm³/mol. The first kappa shape index (κ1) is 16.6. The Morgan fingerprint density at radius 3 is 2.38 bits per heavy atom. The summed E-state index contributed by atoms with van der Waals surface area (Å²) in [7, 11) is 0. The third-order valence-electron chi connectivity index (χ3n) is 4.26. The Bertz CT molecular complexity index is 327. The molecule has 2 fully saturated rings. The van der Waals surface area contributed by atoms with Gasteiger partial charge in [0.2, 0.25) is 0 Å². The van der Waals surface area contributed by atoms with Crippen molar-refractivity contribution < 1.29 is 9.53 Å². The first-order valence-corrected chi connectivity index (χ1v) is 8.38. The molecule has 2 rings (SSSR count). The number of hydrogen-bond donors (Lipinski definition) is 3. The first-order valence-electron chi connectivity index (χ1n) is 8.38. The fourth-order valence-corrected chi connectivity index (χ4v) is 3.16. The van der Waals surface area contributed by atoms with Gasteiger partial charge in [-0.05, 0) is 65.8 Å². The lowest BCUT2D eigenvalue weighted by molar-refractivity contribution is 0.0490. The zero-order chi connectivity index (χ0) is 15.3. The van der Waals surface area contributed by atoms with Gasteiger partial charge in [0.25, 0.3) is 0 Å². The molecule has 1 amide bonds. The Kier molecular flexibility index (Phi) is 5.88. The van der Waals surface area contributed by atoms with Gasteiger partial charge in [-0.2, -0.15) is 0 Å². The molecule has 1 heterocycles. The minimum atomic E-state index is -0.420. The van der Waals surface area contributed by atoms with Crippen LogP contribution in [-0.2, 0) is 4.74 Å². The van der Waals surface area contributed by atoms with E-state index < -0.39 is 5.60 Å². The van der Waals surface area contributed by atoms with Gasteiger partial charge in [0.05, 0.1) is 0 Å². The molecule has 1 saturated heterocycles. The topological polar surface area (TPSA) is 62.4 Å². The molecule has 1 aliphatic carbocycles. The van der Waals surface area contributed by atoms with Gasteiger partial charge in [0.1, 0.15) is 5.60 Å². The van der Waals surface area contributed by atoms with E-state index in [4.69, 9.17) is 4.74 Å². The third kappa shape index (κ3) is 6.22. The summed E-state index contributed by atoms with van der Waals surface area (Å²) in [5.74, 6) is 0. The lowest BCUT2D eigenvalue weighted by atomic mass is 9.91. The maximum atomic E-state index is 11.8. The maximum absolute atomic E-state index is 11.8. The lowest BCUT2D eigenvalue weighted by Crippen LogP contribution is -2.46. The van der Waals surface area contributed by atoms with Crippen LogP contribution in [0.1, 0.15) is 59.3 Å². The van der Waals surface area contributed by atoms with Crippen molar-refractivity contribution >= 4 is 6.09 Å². The molecule has 1 unspecified atom stereocenters. The molecule has 2 aliphatic rings. The van der Waals surface area contributed by atoms with Crippen LogP contribution in [0.5, 0.6) is 0 Å². The molecule has 5 nitrogen and oxygen atoms in total. The summed E-state index contributed by atoms with van der Waals surface area (Å²) < 4.78 is 5.31. The highest BCUT2D eigenvalue weighted by Crippen LogP contribution is 2.19. The van der Waals surface area contributed by atoms with Crippen molar-refractivity contribution in [2.24, 2.45) is 0 Å². The second-order valence-electron chi connectivity index (χ2n) is 7.40. The Morgan fingerprint density at radius 1 is 1.14 bits per heavy atom. The third-order valence-corrected chi connectivity index (χ3v) is 4.26. The van der Waals surface area contributed by atoms with E-state index in [9.17, 15) is 4.79 Å². The first-order chi connectivity index (χ1) is 9.92. The molecule has 0 aromatic carbocycles. The summed E-state index contributed by atoms with van der Waals surface area (Å²) in [6, 6.07) is 1.52. The summed E-state index contributed by atoms with van der Waals surface area (Å²) in [6.07, 6.45) is 6.65. The van der Waals surface area contributed by atoms with Gasteiger partial charge in [0.15, 0.2) is 0 Å². The van der Waals surface area contributed by atoms with Crippen molar-refractivity contribution in [3.8, 4) is 0 Å². The zero-order valence-corrected chi connectivity index (χ0v) is 13.7. The minimum Gasteiger partial charge on any atom is -0.444 e. The predicted octanol–water partition coefficient (Wildman–Crippen LogP) is 2.16. The average molecular weight is 297 g/mol. The van der Waals surface area contributed by atoms with Gasteiger partial charge in [-0.25, -0.2) is 4.79 Å². The molecule has 0 spiro atoms. The molecule has 0 radical (unpaired) electrons. The highest BCUT2D eigenvalue weighted by Gasteiger charge is 2.25. The molecule has 0 bridgehead atoms. The summed E-state index contributed by atoms with van der Waals surface area (Å²) in [4.78, 5) is 11.8. The van der Waals surface area contributed by atoms with Crippen LogP contribution in [0.15, 0.2) is 0 Å². The zero-order valence-electron chi connectivity index (χ0n) is 13.7. The molecule has 3 N–H and O–H groups in total. The molecule has 1 aliphatic heterocycles. The summed E-state index contributed by atoms with van der Waals surface area (Å²) in [6.45, 7) is 7.92. The number of ether oxygens (including phenoxy) is 1. The quantitative estimate of drug-likeness (QED) is 0.744. The molecular formula is C16H31N3O2. The standard InChI is InChI=1S/C16H31N3O2/c1-16(2,3)21-15(20)19-13-8-6-12(7-9-13)18-11-14-5-4-10-17-14/h12-14,17-18H,4-11H2,1-3H3,(H,19,20). The Morgan fingerprint density at radius 2 is 1.81 bits per heavy atom. The Balaban J connectivity index is 1.60. The van der Waals surface area contributed by atoms with Crippen molar-refractivity contribution in [1.29, 1.82) is 0 Å². The molecule has 21 heavy (non-hydrogen) atoms. The van der Waals surface area contributed by atoms with Gasteiger partial charge < -0.3 is 20.7 Å². The van der Waals surface area contributed by atoms with Gasteiger partial charge in [-0.3, -0.25) is 0 Å². The number of alkyl carbamates (subject to hydrolysis) is 1. The summed E-state index contributed by atoms with van der Waals surface area (Å²) in [5.41, 5.74) is -0.420. The van der Waals surface area contributed by atoms with Gasteiger partial charge in [-0.15, -0.1) is 0 Å². The highest BCUT2D eigenvalue weighted by atomic mass is 16.6. The number of carbonyl (C=O) groups excluding carboxylic acids is 1. The highest BCUT2D eigenvalue weighted by molar-refractivity contribution is 5.68. The van der Waals surface area contributed by atoms with Crippen LogP contribution in [-0.4, -0.2) is 42.9 Å². The normalized spacial score (nSPS) is 30.1. The summed E-state index contributed by atoms with van der Waals surface area (Å²) in [5, 5.41) is 10.2. The van der Waals surface area contributed by atoms with Crippen LogP contribution in [0.25, 0.3) is 0 Å². The van der Waals surface area contributed by atoms with Crippen LogP contribution in [0.3, 0.4) is 0 Å². The SMILES string of the molecule is CC(C)(C)OC(=O)NC1CCC(NCC2CCCN2)CC1. The molecule has 122 valence electrons. The van der Waals surface area contributed by atoms with E-state index in [-0.39, 0.29) is 12.1 Å². The second-order valence-corrected chi connectivity index (χ2v) is 7.40. The molecular weight excluding hydrogens is 266 g/mol. The molecule has 0 aromatic heterocycles. The molecule has 1 saturated carbocycles. The number of rotatable bonds is 4. The van der Waals surface area contributed by atoms with E-state index >= 15 is 0 Å². The van der Waals surface area contributed by atoms with E-state index in [1.807, 2.05) is 20.8 Å². The van der Waals surface area contributed by atoms with Crippen LogP contribution >= 0.6 is 0 Å². The fraction of sp³-hybridized carbons (Fsp3) is 0.938. The second kappa shape index (κ2) is 7.45. The number of amides is 1. The van der Waals surface area contributed by atoms with Crippen LogP contribution < -0.4 is 16.0 Å². The van der Waals surface area contributed by atoms with Crippen LogP contribution in [0.2, 0.25) is 0 Å². The number of hydrogen-bond acceptors (Lipinski definition) is 4. The van der Waals surface area contributed by atoms with Crippen molar-refractivity contribution in [1.82, 2.24) is 16.0 Å². The van der Waals surface area contributed by atoms with Crippen molar-refractivity contribution in [3.63, 3.8) is 0 Å². The molecule has 5 heteroatoms. The van der Waals surface area contributed by atoms with E-state index in [1.54, 1.807) is 0 Å². The lowest BCUT2D eigenvalue weighted by Gasteiger charge is -2.31. The van der Waals surface area contributed by atoms with Crippen molar-refractivity contribution in [2.45, 2.75) is 83.0 Å². The van der Waals surface area contributed by atoms with Crippen LogP contribution in [0.4, 0.5) is 4.79 Å². The largest absolute Gasteiger partial charge is 0.444 e. The number of nitrogens with one attached hydrogen (secondary N) is 3. The van der Waals surface area contributed by atoms with E-state index in [2.05, 4.69) is 16.0 Å². The molecule has 1 atom stereocenters. The minimum absolute atomic E-state index is 0.266. The van der Waals surface area contributed by atoms with Gasteiger partial charge >= 0.3 is 6.09 Å².